The van der Waals surface area contributed by atoms with E-state index in [4.69, 9.17) is 11.6 Å². The van der Waals surface area contributed by atoms with E-state index < -0.39 is 0 Å². The van der Waals surface area contributed by atoms with Crippen molar-refractivity contribution in [2.45, 2.75) is 0 Å². The number of anilines is 1. The van der Waals surface area contributed by atoms with E-state index >= 15 is 0 Å². The molecule has 1 amide bonds. The first-order valence-corrected chi connectivity index (χ1v) is 7.69. The van der Waals surface area contributed by atoms with E-state index in [0.717, 1.165) is 10.4 Å². The van der Waals surface area contributed by atoms with E-state index in [1.165, 1.54) is 0 Å². The number of nitrogens with one attached hydrogen (secondary N) is 1. The fraction of sp³-hybridized carbons (Fsp3) is 0. The Bertz CT molecular complexity index is 768. The number of hydrogen-bond donors (Lipinski definition) is 1. The fourth-order valence-corrected chi connectivity index (χ4v) is 2.94. The van der Waals surface area contributed by atoms with Crippen molar-refractivity contribution in [3.63, 3.8) is 0 Å². The maximum absolute atomic E-state index is 12.3. The normalized spacial score (nSPS) is 10.3. The third-order valence-electron chi connectivity index (χ3n) is 3.01. The average molecular weight is 314 g/mol. The second kappa shape index (κ2) is 6.12. The number of halogens is 1. The van der Waals surface area contributed by atoms with Gasteiger partial charge in [0, 0.05) is 21.2 Å². The summed E-state index contributed by atoms with van der Waals surface area (Å²) in [6.07, 6.45) is 0. The molecule has 2 aromatic carbocycles. The number of carbonyl (C=O) groups excluding carboxylic acids is 1. The van der Waals surface area contributed by atoms with Crippen molar-refractivity contribution < 1.29 is 4.79 Å². The summed E-state index contributed by atoms with van der Waals surface area (Å²) in [5.41, 5.74) is 2.36. The number of hydrogen-bond acceptors (Lipinski definition) is 2. The van der Waals surface area contributed by atoms with Crippen molar-refractivity contribution in [3.8, 4) is 10.4 Å². The summed E-state index contributed by atoms with van der Waals surface area (Å²) in [7, 11) is 0. The summed E-state index contributed by atoms with van der Waals surface area (Å²) in [6.45, 7) is 0. The largest absolute Gasteiger partial charge is 0.322 e. The maximum atomic E-state index is 12.3. The third kappa shape index (κ3) is 3.32. The zero-order chi connectivity index (χ0) is 14.7. The van der Waals surface area contributed by atoms with E-state index in [0.29, 0.717) is 16.3 Å². The molecule has 0 saturated carbocycles. The number of carbonyl (C=O) groups is 1. The quantitative estimate of drug-likeness (QED) is 0.696. The van der Waals surface area contributed by atoms with Crippen LogP contribution in [-0.4, -0.2) is 5.91 Å². The van der Waals surface area contributed by atoms with Crippen LogP contribution in [0.1, 0.15) is 10.4 Å². The molecule has 0 spiro atoms. The second-order valence-electron chi connectivity index (χ2n) is 4.52. The van der Waals surface area contributed by atoms with E-state index in [1.807, 2.05) is 41.8 Å². The van der Waals surface area contributed by atoms with E-state index in [1.54, 1.807) is 35.6 Å². The molecule has 3 rings (SSSR count). The van der Waals surface area contributed by atoms with Crippen LogP contribution in [0, 0.1) is 0 Å². The van der Waals surface area contributed by atoms with Crippen molar-refractivity contribution in [1.82, 2.24) is 0 Å². The zero-order valence-corrected chi connectivity index (χ0v) is 12.6. The highest BCUT2D eigenvalue weighted by Gasteiger charge is 2.08. The minimum absolute atomic E-state index is 0.143. The fourth-order valence-electron chi connectivity index (χ4n) is 2.03. The van der Waals surface area contributed by atoms with Crippen LogP contribution in [0.2, 0.25) is 5.02 Å². The number of thiophene rings is 1. The van der Waals surface area contributed by atoms with E-state index in [9.17, 15) is 4.79 Å². The molecule has 0 bridgehead atoms. The topological polar surface area (TPSA) is 29.1 Å². The van der Waals surface area contributed by atoms with E-state index in [2.05, 4.69) is 5.32 Å². The standard InChI is InChI=1S/C17H12ClNOS/c18-14-6-2-7-15(11-14)19-17(20)13-5-1-4-12(10-13)16-8-3-9-21-16/h1-11H,(H,19,20). The zero-order valence-electron chi connectivity index (χ0n) is 11.0. The van der Waals surface area contributed by atoms with Crippen LogP contribution >= 0.6 is 22.9 Å². The Morgan fingerprint density at radius 1 is 1.00 bits per heavy atom. The molecule has 0 aliphatic rings. The third-order valence-corrected chi connectivity index (χ3v) is 4.17. The molecule has 0 unspecified atom stereocenters. The molecule has 4 heteroatoms. The van der Waals surface area contributed by atoms with Gasteiger partial charge in [-0.2, -0.15) is 0 Å². The molecule has 0 atom stereocenters. The molecule has 1 heterocycles. The minimum Gasteiger partial charge on any atom is -0.322 e. The predicted octanol–water partition coefficient (Wildman–Crippen LogP) is 5.32. The molecule has 0 radical (unpaired) electrons. The molecule has 104 valence electrons. The lowest BCUT2D eigenvalue weighted by Gasteiger charge is -2.07. The van der Waals surface area contributed by atoms with Crippen molar-refractivity contribution >= 4 is 34.5 Å². The number of amides is 1. The van der Waals surface area contributed by atoms with Gasteiger partial charge in [0.25, 0.3) is 5.91 Å². The Kier molecular flexibility index (Phi) is 4.04. The van der Waals surface area contributed by atoms with Gasteiger partial charge in [-0.1, -0.05) is 35.9 Å². The molecular formula is C17H12ClNOS. The second-order valence-corrected chi connectivity index (χ2v) is 5.91. The van der Waals surface area contributed by atoms with Gasteiger partial charge in [-0.15, -0.1) is 11.3 Å². The molecule has 0 fully saturated rings. The lowest BCUT2D eigenvalue weighted by molar-refractivity contribution is 0.102. The van der Waals surface area contributed by atoms with Crippen LogP contribution in [-0.2, 0) is 0 Å². The van der Waals surface area contributed by atoms with Crippen molar-refractivity contribution in [3.05, 3.63) is 76.6 Å². The summed E-state index contributed by atoms with van der Waals surface area (Å²) in [6, 6.07) is 18.7. The van der Waals surface area contributed by atoms with Crippen LogP contribution in [0.3, 0.4) is 0 Å². The van der Waals surface area contributed by atoms with Crippen LogP contribution in [0.5, 0.6) is 0 Å². The number of benzene rings is 2. The highest BCUT2D eigenvalue weighted by molar-refractivity contribution is 7.13. The van der Waals surface area contributed by atoms with Gasteiger partial charge in [-0.3, -0.25) is 4.79 Å². The Morgan fingerprint density at radius 2 is 1.86 bits per heavy atom. The lowest BCUT2D eigenvalue weighted by atomic mass is 10.1. The molecule has 21 heavy (non-hydrogen) atoms. The van der Waals surface area contributed by atoms with Crippen LogP contribution in [0.25, 0.3) is 10.4 Å². The van der Waals surface area contributed by atoms with Gasteiger partial charge >= 0.3 is 0 Å². The summed E-state index contributed by atoms with van der Waals surface area (Å²) < 4.78 is 0. The van der Waals surface area contributed by atoms with Crippen LogP contribution in [0.15, 0.2) is 66.0 Å². The van der Waals surface area contributed by atoms with Gasteiger partial charge < -0.3 is 5.32 Å². The highest BCUT2D eigenvalue weighted by atomic mass is 35.5. The van der Waals surface area contributed by atoms with Crippen LogP contribution in [0.4, 0.5) is 5.69 Å². The van der Waals surface area contributed by atoms with Crippen molar-refractivity contribution in [2.75, 3.05) is 5.32 Å². The molecule has 0 aliphatic heterocycles. The maximum Gasteiger partial charge on any atom is 0.255 e. The van der Waals surface area contributed by atoms with E-state index in [-0.39, 0.29) is 5.91 Å². The van der Waals surface area contributed by atoms with Gasteiger partial charge in [0.2, 0.25) is 0 Å². The first-order chi connectivity index (χ1) is 10.2. The SMILES string of the molecule is O=C(Nc1cccc(Cl)c1)c1cccc(-c2cccs2)c1. The molecule has 3 aromatic rings. The van der Waals surface area contributed by atoms with Gasteiger partial charge in [-0.05, 0) is 47.3 Å². The molecule has 1 N–H and O–H groups in total. The summed E-state index contributed by atoms with van der Waals surface area (Å²) in [4.78, 5) is 13.4. The molecule has 1 aromatic heterocycles. The van der Waals surface area contributed by atoms with Crippen molar-refractivity contribution in [1.29, 1.82) is 0 Å². The smallest absolute Gasteiger partial charge is 0.255 e. The Labute approximate surface area is 132 Å². The average Bonchev–Trinajstić information content (AvgIpc) is 3.02. The number of rotatable bonds is 3. The van der Waals surface area contributed by atoms with Crippen molar-refractivity contribution in [2.24, 2.45) is 0 Å². The summed E-state index contributed by atoms with van der Waals surface area (Å²) in [5, 5.41) is 5.47. The Hall–Kier alpha value is -2.10. The van der Waals surface area contributed by atoms with Gasteiger partial charge in [-0.25, -0.2) is 0 Å². The van der Waals surface area contributed by atoms with Gasteiger partial charge in [0.1, 0.15) is 0 Å². The first-order valence-electron chi connectivity index (χ1n) is 6.43. The lowest BCUT2D eigenvalue weighted by Crippen LogP contribution is -2.11. The van der Waals surface area contributed by atoms with Gasteiger partial charge in [0.15, 0.2) is 0 Å². The van der Waals surface area contributed by atoms with Gasteiger partial charge in [0.05, 0.1) is 0 Å². The molecule has 2 nitrogen and oxygen atoms in total. The Balaban J connectivity index is 1.83. The molecular weight excluding hydrogens is 302 g/mol. The van der Waals surface area contributed by atoms with Crippen LogP contribution < -0.4 is 5.32 Å². The highest BCUT2D eigenvalue weighted by Crippen LogP contribution is 2.25. The summed E-state index contributed by atoms with van der Waals surface area (Å²) >= 11 is 7.57. The monoisotopic (exact) mass is 313 g/mol. The first kappa shape index (κ1) is 13.9. The molecule has 0 aliphatic carbocycles. The Morgan fingerprint density at radius 3 is 2.62 bits per heavy atom. The molecule has 0 saturated heterocycles. The minimum atomic E-state index is -0.143. The predicted molar refractivity (Wildman–Crippen MR) is 89.2 cm³/mol. The summed E-state index contributed by atoms with van der Waals surface area (Å²) in [5.74, 6) is -0.143.